The molecule has 0 fully saturated rings. The minimum atomic E-state index is -0.421. The summed E-state index contributed by atoms with van der Waals surface area (Å²) < 4.78 is 18.2. The molecule has 16 heavy (non-hydrogen) atoms. The Labute approximate surface area is 94.0 Å². The molecule has 0 unspecified atom stereocenters. The zero-order valence-electron chi connectivity index (χ0n) is 9.37. The average Bonchev–Trinajstić information content (AvgIpc) is 2.19. The first-order chi connectivity index (χ1) is 7.59. The summed E-state index contributed by atoms with van der Waals surface area (Å²) in [5.41, 5.74) is 2.56. The monoisotopic (exact) mass is 226 g/mol. The number of ether oxygens (including phenoxy) is 1. The van der Waals surface area contributed by atoms with Crippen molar-refractivity contribution in [3.8, 4) is 5.75 Å². The Morgan fingerprint density at radius 2 is 2.12 bits per heavy atom. The lowest BCUT2D eigenvalue weighted by Crippen LogP contribution is -2.36. The van der Waals surface area contributed by atoms with Crippen LogP contribution in [0.15, 0.2) is 24.3 Å². The van der Waals surface area contributed by atoms with Gasteiger partial charge in [-0.05, 0) is 12.1 Å². The van der Waals surface area contributed by atoms with Gasteiger partial charge in [0.15, 0.2) is 11.6 Å². The lowest BCUT2D eigenvalue weighted by Gasteiger charge is -2.12. The van der Waals surface area contributed by atoms with E-state index in [0.717, 1.165) is 0 Å². The molecule has 0 aliphatic heterocycles. The van der Waals surface area contributed by atoms with Gasteiger partial charge in [-0.15, -0.1) is 0 Å². The summed E-state index contributed by atoms with van der Waals surface area (Å²) in [6, 6.07) is 6.10. The maximum absolute atomic E-state index is 13.1. The van der Waals surface area contributed by atoms with Crippen molar-refractivity contribution in [3.63, 3.8) is 0 Å². The quantitative estimate of drug-likeness (QED) is 0.767. The Bertz CT molecular complexity index is 356. The maximum atomic E-state index is 13.1. The highest BCUT2D eigenvalue weighted by Crippen LogP contribution is 2.15. The molecule has 0 heterocycles. The smallest absolute Gasteiger partial charge is 0.237 e. The van der Waals surface area contributed by atoms with Gasteiger partial charge in [-0.2, -0.15) is 0 Å². The number of halogens is 1. The lowest BCUT2D eigenvalue weighted by atomic mass is 10.3. The summed E-state index contributed by atoms with van der Waals surface area (Å²) in [5, 5.41) is 1.55. The predicted molar refractivity (Wildman–Crippen MR) is 58.3 cm³/mol. The Hall–Kier alpha value is -1.62. The molecule has 1 aromatic carbocycles. The molecule has 0 aliphatic rings. The second-order valence-electron chi connectivity index (χ2n) is 3.46. The van der Waals surface area contributed by atoms with Crippen LogP contribution in [0.1, 0.15) is 6.42 Å². The van der Waals surface area contributed by atoms with Crippen molar-refractivity contribution in [1.82, 2.24) is 10.4 Å². The molecule has 1 rings (SSSR count). The van der Waals surface area contributed by atoms with Gasteiger partial charge in [-0.25, -0.2) is 9.40 Å². The summed E-state index contributed by atoms with van der Waals surface area (Å²) in [6.45, 7) is 0.153. The molecule has 0 aliphatic carbocycles. The molecule has 88 valence electrons. The molecule has 0 spiro atoms. The van der Waals surface area contributed by atoms with Crippen LogP contribution in [0.5, 0.6) is 5.75 Å². The number of amides is 1. The lowest BCUT2D eigenvalue weighted by molar-refractivity contribution is -0.125. The van der Waals surface area contributed by atoms with Gasteiger partial charge >= 0.3 is 0 Å². The normalized spacial score (nSPS) is 10.2. The first-order valence-electron chi connectivity index (χ1n) is 4.93. The summed E-state index contributed by atoms with van der Waals surface area (Å²) >= 11 is 0. The van der Waals surface area contributed by atoms with E-state index in [1.807, 2.05) is 0 Å². The van der Waals surface area contributed by atoms with Crippen LogP contribution in [0, 0.1) is 5.82 Å². The van der Waals surface area contributed by atoms with E-state index in [0.29, 0.717) is 0 Å². The van der Waals surface area contributed by atoms with E-state index in [9.17, 15) is 9.18 Å². The predicted octanol–water partition coefficient (Wildman–Crippen LogP) is 1.19. The molecule has 1 aromatic rings. The van der Waals surface area contributed by atoms with Gasteiger partial charge < -0.3 is 4.74 Å². The maximum Gasteiger partial charge on any atom is 0.237 e. The van der Waals surface area contributed by atoms with Gasteiger partial charge in [0.25, 0.3) is 0 Å². The second-order valence-corrected chi connectivity index (χ2v) is 3.46. The first kappa shape index (κ1) is 12.4. The number of rotatable bonds is 5. The Balaban J connectivity index is 2.31. The molecule has 4 nitrogen and oxygen atoms in total. The highest BCUT2D eigenvalue weighted by Gasteiger charge is 2.04. The number of para-hydroxylation sites is 1. The number of carbonyl (C=O) groups is 1. The van der Waals surface area contributed by atoms with Crippen LogP contribution in [0.4, 0.5) is 4.39 Å². The van der Waals surface area contributed by atoms with Crippen molar-refractivity contribution >= 4 is 5.91 Å². The van der Waals surface area contributed by atoms with Gasteiger partial charge in [-0.3, -0.25) is 10.2 Å². The molecule has 1 N–H and O–H groups in total. The molecule has 0 atom stereocenters. The standard InChI is InChI=1S/C11H15FN2O2/c1-14(2)13-11(15)7-8-16-10-6-4-3-5-9(10)12/h3-6H,7-8H2,1-2H3,(H,13,15). The fraction of sp³-hybridized carbons (Fsp3) is 0.364. The van der Waals surface area contributed by atoms with E-state index >= 15 is 0 Å². The van der Waals surface area contributed by atoms with Crippen LogP contribution in [0.2, 0.25) is 0 Å². The topological polar surface area (TPSA) is 41.6 Å². The van der Waals surface area contributed by atoms with Gasteiger partial charge in [0.2, 0.25) is 5.91 Å². The number of hydrazine groups is 1. The summed E-state index contributed by atoms with van der Waals surface area (Å²) in [7, 11) is 3.44. The van der Waals surface area contributed by atoms with E-state index in [4.69, 9.17) is 4.74 Å². The molecule has 0 bridgehead atoms. The third-order valence-corrected chi connectivity index (χ3v) is 1.77. The van der Waals surface area contributed by atoms with Crippen LogP contribution < -0.4 is 10.2 Å². The molecule has 0 saturated carbocycles. The molecule has 0 aromatic heterocycles. The fourth-order valence-electron chi connectivity index (χ4n) is 1.12. The SMILES string of the molecule is CN(C)NC(=O)CCOc1ccccc1F. The van der Waals surface area contributed by atoms with Crippen molar-refractivity contribution in [2.45, 2.75) is 6.42 Å². The molecule has 0 saturated heterocycles. The Kier molecular flexibility index (Phi) is 4.72. The summed E-state index contributed by atoms with van der Waals surface area (Å²) in [6.07, 6.45) is 0.187. The van der Waals surface area contributed by atoms with E-state index in [1.165, 1.54) is 12.1 Å². The van der Waals surface area contributed by atoms with E-state index < -0.39 is 5.82 Å². The van der Waals surface area contributed by atoms with Gasteiger partial charge in [-0.1, -0.05) is 12.1 Å². The van der Waals surface area contributed by atoms with Crippen LogP contribution >= 0.6 is 0 Å². The molecule has 5 heteroatoms. The van der Waals surface area contributed by atoms with Crippen LogP contribution in [0.25, 0.3) is 0 Å². The van der Waals surface area contributed by atoms with Crippen molar-refractivity contribution < 1.29 is 13.9 Å². The van der Waals surface area contributed by atoms with Crippen LogP contribution in [0.3, 0.4) is 0 Å². The van der Waals surface area contributed by atoms with Crippen molar-refractivity contribution in [2.24, 2.45) is 0 Å². The highest BCUT2D eigenvalue weighted by atomic mass is 19.1. The van der Waals surface area contributed by atoms with Gasteiger partial charge in [0, 0.05) is 14.1 Å². The first-order valence-corrected chi connectivity index (χ1v) is 4.93. The Morgan fingerprint density at radius 3 is 2.75 bits per heavy atom. The number of carbonyl (C=O) groups excluding carboxylic acids is 1. The summed E-state index contributed by atoms with van der Waals surface area (Å²) in [5.74, 6) is -0.419. The van der Waals surface area contributed by atoms with Crippen LogP contribution in [-0.2, 0) is 4.79 Å². The van der Waals surface area contributed by atoms with E-state index in [1.54, 1.807) is 31.2 Å². The minimum absolute atomic E-state index is 0.153. The number of nitrogens with zero attached hydrogens (tertiary/aromatic N) is 1. The van der Waals surface area contributed by atoms with Crippen molar-refractivity contribution in [2.75, 3.05) is 20.7 Å². The minimum Gasteiger partial charge on any atom is -0.490 e. The van der Waals surface area contributed by atoms with E-state index in [2.05, 4.69) is 5.43 Å². The van der Waals surface area contributed by atoms with Gasteiger partial charge in [0.1, 0.15) is 0 Å². The number of benzene rings is 1. The molecular formula is C11H15FN2O2. The molecule has 1 amide bonds. The average molecular weight is 226 g/mol. The van der Waals surface area contributed by atoms with Crippen molar-refractivity contribution in [1.29, 1.82) is 0 Å². The zero-order valence-corrected chi connectivity index (χ0v) is 9.37. The third-order valence-electron chi connectivity index (χ3n) is 1.77. The van der Waals surface area contributed by atoms with Gasteiger partial charge in [0.05, 0.1) is 13.0 Å². The highest BCUT2D eigenvalue weighted by molar-refractivity contribution is 5.75. The summed E-state index contributed by atoms with van der Waals surface area (Å²) in [4.78, 5) is 11.2. The third kappa shape index (κ3) is 4.27. The fourth-order valence-corrected chi connectivity index (χ4v) is 1.12. The Morgan fingerprint density at radius 1 is 1.44 bits per heavy atom. The zero-order chi connectivity index (χ0) is 12.0. The van der Waals surface area contributed by atoms with Crippen molar-refractivity contribution in [3.05, 3.63) is 30.1 Å². The largest absolute Gasteiger partial charge is 0.490 e. The van der Waals surface area contributed by atoms with Crippen LogP contribution in [-0.4, -0.2) is 31.6 Å². The number of nitrogens with one attached hydrogen (secondary N) is 1. The number of hydrogen-bond donors (Lipinski definition) is 1. The molecular weight excluding hydrogens is 211 g/mol. The second kappa shape index (κ2) is 6.07. The molecule has 0 radical (unpaired) electrons. The van der Waals surface area contributed by atoms with E-state index in [-0.39, 0.29) is 24.7 Å². The number of hydrogen-bond acceptors (Lipinski definition) is 3.